The molecule has 6 heteroatoms. The first-order chi connectivity index (χ1) is 11.4. The molecule has 0 spiro atoms. The second-order valence-electron chi connectivity index (χ2n) is 5.52. The molecular formula is C18H19FN2O3. The Balaban J connectivity index is 1.92. The molecule has 0 fully saturated rings. The van der Waals surface area contributed by atoms with Gasteiger partial charge < -0.3 is 15.7 Å². The van der Waals surface area contributed by atoms with Crippen molar-refractivity contribution in [1.82, 2.24) is 5.32 Å². The highest BCUT2D eigenvalue weighted by atomic mass is 19.1. The number of halogens is 1. The maximum absolute atomic E-state index is 13.7. The van der Waals surface area contributed by atoms with E-state index in [1.165, 1.54) is 12.1 Å². The fraction of sp³-hybridized carbons (Fsp3) is 0.222. The summed E-state index contributed by atoms with van der Waals surface area (Å²) in [6.45, 7) is 3.44. The van der Waals surface area contributed by atoms with Gasteiger partial charge in [0.2, 0.25) is 0 Å². The molecule has 2 amide bonds. The summed E-state index contributed by atoms with van der Waals surface area (Å²) in [7, 11) is 0. The van der Waals surface area contributed by atoms with Crippen molar-refractivity contribution in [3.63, 3.8) is 0 Å². The third kappa shape index (κ3) is 4.39. The molecule has 2 aromatic rings. The topological polar surface area (TPSA) is 78.4 Å². The fourth-order valence-electron chi connectivity index (χ4n) is 2.24. The fourth-order valence-corrected chi connectivity index (χ4v) is 2.24. The zero-order valence-electron chi connectivity index (χ0n) is 13.5. The molecule has 5 nitrogen and oxygen atoms in total. The Bertz CT molecular complexity index is 762. The average Bonchev–Trinajstić information content (AvgIpc) is 2.55. The minimum Gasteiger partial charge on any atom is -0.387 e. The van der Waals surface area contributed by atoms with Crippen LogP contribution in [0.15, 0.2) is 42.5 Å². The maximum atomic E-state index is 13.7. The van der Waals surface area contributed by atoms with Gasteiger partial charge in [0.15, 0.2) is 0 Å². The summed E-state index contributed by atoms with van der Waals surface area (Å²) in [5.41, 5.74) is 2.18. The Kier molecular flexibility index (Phi) is 5.65. The number of aliphatic hydroxyl groups is 1. The van der Waals surface area contributed by atoms with Crippen LogP contribution in [-0.4, -0.2) is 23.5 Å². The predicted molar refractivity (Wildman–Crippen MR) is 88.9 cm³/mol. The van der Waals surface area contributed by atoms with E-state index in [1.807, 2.05) is 19.1 Å². The van der Waals surface area contributed by atoms with Crippen LogP contribution in [0.1, 0.15) is 22.8 Å². The molecule has 1 unspecified atom stereocenters. The molecule has 0 aliphatic carbocycles. The van der Waals surface area contributed by atoms with E-state index in [1.54, 1.807) is 25.1 Å². The molecule has 24 heavy (non-hydrogen) atoms. The standard InChI is InChI=1S/C18H19FN2O3/c1-11-7-8-15(14(19)9-11)21-18(24)17(23)20-10-16(22)13-6-4-3-5-12(13)2/h3-9,16,22H,10H2,1-2H3,(H,20,23)(H,21,24). The van der Waals surface area contributed by atoms with Crippen molar-refractivity contribution in [2.75, 3.05) is 11.9 Å². The lowest BCUT2D eigenvalue weighted by Gasteiger charge is -2.14. The lowest BCUT2D eigenvalue weighted by molar-refractivity contribution is -0.136. The van der Waals surface area contributed by atoms with Crippen LogP contribution >= 0.6 is 0 Å². The van der Waals surface area contributed by atoms with Crippen molar-refractivity contribution >= 4 is 17.5 Å². The lowest BCUT2D eigenvalue weighted by Crippen LogP contribution is -2.37. The second kappa shape index (κ2) is 7.70. The van der Waals surface area contributed by atoms with Gasteiger partial charge in [0.25, 0.3) is 0 Å². The summed E-state index contributed by atoms with van der Waals surface area (Å²) in [5, 5.41) is 14.6. The average molecular weight is 330 g/mol. The zero-order valence-corrected chi connectivity index (χ0v) is 13.5. The SMILES string of the molecule is Cc1ccc(NC(=O)C(=O)NCC(O)c2ccccc2C)c(F)c1. The monoisotopic (exact) mass is 330 g/mol. The molecule has 0 heterocycles. The van der Waals surface area contributed by atoms with Gasteiger partial charge in [-0.3, -0.25) is 9.59 Å². The Morgan fingerprint density at radius 3 is 2.50 bits per heavy atom. The normalized spacial score (nSPS) is 11.7. The van der Waals surface area contributed by atoms with Gasteiger partial charge in [-0.25, -0.2) is 4.39 Å². The number of nitrogens with one attached hydrogen (secondary N) is 2. The first-order valence-electron chi connectivity index (χ1n) is 7.47. The van der Waals surface area contributed by atoms with Crippen LogP contribution < -0.4 is 10.6 Å². The highest BCUT2D eigenvalue weighted by Gasteiger charge is 2.18. The molecule has 0 saturated carbocycles. The summed E-state index contributed by atoms with van der Waals surface area (Å²) < 4.78 is 13.7. The highest BCUT2D eigenvalue weighted by Crippen LogP contribution is 2.17. The van der Waals surface area contributed by atoms with E-state index in [2.05, 4.69) is 10.6 Å². The number of aryl methyl sites for hydroxylation is 2. The van der Waals surface area contributed by atoms with Gasteiger partial charge in [-0.05, 0) is 42.7 Å². The van der Waals surface area contributed by atoms with Gasteiger partial charge in [0.05, 0.1) is 11.8 Å². The quantitative estimate of drug-likeness (QED) is 0.752. The van der Waals surface area contributed by atoms with Crippen molar-refractivity contribution in [3.8, 4) is 0 Å². The van der Waals surface area contributed by atoms with Gasteiger partial charge in [0.1, 0.15) is 5.82 Å². The molecule has 0 saturated heterocycles. The lowest BCUT2D eigenvalue weighted by atomic mass is 10.0. The summed E-state index contributed by atoms with van der Waals surface area (Å²) >= 11 is 0. The van der Waals surface area contributed by atoms with E-state index in [9.17, 15) is 19.1 Å². The number of amides is 2. The van der Waals surface area contributed by atoms with Crippen molar-refractivity contribution in [1.29, 1.82) is 0 Å². The van der Waals surface area contributed by atoms with Gasteiger partial charge in [-0.15, -0.1) is 0 Å². The largest absolute Gasteiger partial charge is 0.387 e. The number of anilines is 1. The highest BCUT2D eigenvalue weighted by molar-refractivity contribution is 6.39. The smallest absolute Gasteiger partial charge is 0.313 e. The number of rotatable bonds is 4. The summed E-state index contributed by atoms with van der Waals surface area (Å²) in [4.78, 5) is 23.6. The van der Waals surface area contributed by atoms with Crippen LogP contribution in [0, 0.1) is 19.7 Å². The van der Waals surface area contributed by atoms with Crippen molar-refractivity contribution in [3.05, 3.63) is 65.0 Å². The van der Waals surface area contributed by atoms with Gasteiger partial charge in [-0.1, -0.05) is 30.3 Å². The Labute approximate surface area is 139 Å². The minimum atomic E-state index is -0.991. The number of hydrogen-bond donors (Lipinski definition) is 3. The van der Waals surface area contributed by atoms with E-state index in [-0.39, 0.29) is 12.2 Å². The number of carbonyl (C=O) groups excluding carboxylic acids is 2. The van der Waals surface area contributed by atoms with E-state index < -0.39 is 23.7 Å². The van der Waals surface area contributed by atoms with Crippen LogP contribution in [0.2, 0.25) is 0 Å². The van der Waals surface area contributed by atoms with Crippen molar-refractivity contribution < 1.29 is 19.1 Å². The van der Waals surface area contributed by atoms with Crippen LogP contribution in [0.5, 0.6) is 0 Å². The molecular weight excluding hydrogens is 311 g/mol. The Hall–Kier alpha value is -2.73. The molecule has 2 rings (SSSR count). The third-order valence-electron chi connectivity index (χ3n) is 3.58. The number of hydrogen-bond acceptors (Lipinski definition) is 3. The first kappa shape index (κ1) is 17.6. The van der Waals surface area contributed by atoms with Crippen molar-refractivity contribution in [2.45, 2.75) is 20.0 Å². The van der Waals surface area contributed by atoms with E-state index in [0.717, 1.165) is 5.56 Å². The molecule has 3 N–H and O–H groups in total. The third-order valence-corrected chi connectivity index (χ3v) is 3.58. The number of carbonyl (C=O) groups is 2. The molecule has 0 aliphatic rings. The molecule has 0 bridgehead atoms. The zero-order chi connectivity index (χ0) is 17.7. The van der Waals surface area contributed by atoms with Crippen LogP contribution in [0.3, 0.4) is 0 Å². The van der Waals surface area contributed by atoms with Crippen molar-refractivity contribution in [2.24, 2.45) is 0 Å². The minimum absolute atomic E-state index is 0.0693. The van der Waals surface area contributed by atoms with Gasteiger partial charge in [-0.2, -0.15) is 0 Å². The Morgan fingerprint density at radius 1 is 1.12 bits per heavy atom. The van der Waals surface area contributed by atoms with E-state index >= 15 is 0 Å². The second-order valence-corrected chi connectivity index (χ2v) is 5.52. The number of benzene rings is 2. The van der Waals surface area contributed by atoms with Gasteiger partial charge >= 0.3 is 11.8 Å². The summed E-state index contributed by atoms with van der Waals surface area (Å²) in [5.74, 6) is -2.55. The Morgan fingerprint density at radius 2 is 1.83 bits per heavy atom. The van der Waals surface area contributed by atoms with E-state index in [0.29, 0.717) is 11.1 Å². The van der Waals surface area contributed by atoms with Crippen LogP contribution in [-0.2, 0) is 9.59 Å². The van der Waals surface area contributed by atoms with Crippen LogP contribution in [0.4, 0.5) is 10.1 Å². The number of aliphatic hydroxyl groups excluding tert-OH is 1. The molecule has 0 aromatic heterocycles. The van der Waals surface area contributed by atoms with E-state index in [4.69, 9.17) is 0 Å². The summed E-state index contributed by atoms with van der Waals surface area (Å²) in [6.07, 6.45) is -0.931. The predicted octanol–water partition coefficient (Wildman–Crippen LogP) is 2.23. The molecule has 0 radical (unpaired) electrons. The van der Waals surface area contributed by atoms with Gasteiger partial charge in [0, 0.05) is 6.54 Å². The molecule has 1 atom stereocenters. The molecule has 126 valence electrons. The summed E-state index contributed by atoms with van der Waals surface area (Å²) in [6, 6.07) is 11.5. The van der Waals surface area contributed by atoms with Crippen LogP contribution in [0.25, 0.3) is 0 Å². The molecule has 2 aromatic carbocycles. The molecule has 0 aliphatic heterocycles. The first-order valence-corrected chi connectivity index (χ1v) is 7.47. The maximum Gasteiger partial charge on any atom is 0.313 e.